The molecule has 118 valence electrons. The van der Waals surface area contributed by atoms with Gasteiger partial charge in [0, 0.05) is 0 Å². The van der Waals surface area contributed by atoms with Crippen molar-refractivity contribution < 1.29 is 9.53 Å². The molecule has 8 heteroatoms. The fourth-order valence-electron chi connectivity index (χ4n) is 2.03. The van der Waals surface area contributed by atoms with Crippen LogP contribution in [0, 0.1) is 0 Å². The van der Waals surface area contributed by atoms with E-state index in [-0.39, 0.29) is 18.2 Å². The number of ether oxygens (including phenoxy) is 1. The molecular formula is C13H23N5O3. The molecule has 1 aromatic heterocycles. The van der Waals surface area contributed by atoms with Gasteiger partial charge in [-0.15, -0.1) is 10.2 Å². The Labute approximate surface area is 123 Å². The fourth-order valence-corrected chi connectivity index (χ4v) is 2.03. The summed E-state index contributed by atoms with van der Waals surface area (Å²) in [5.74, 6) is 4.06. The number of rotatable bonds is 8. The summed E-state index contributed by atoms with van der Waals surface area (Å²) in [5.41, 5.74) is 4.79. The lowest BCUT2D eigenvalue weighted by Crippen LogP contribution is -2.37. The molecule has 1 atom stereocenters. The second-order valence-corrected chi connectivity index (χ2v) is 4.77. The zero-order valence-electron chi connectivity index (χ0n) is 12.5. The smallest absolute Gasteiger partial charge is 0.315 e. The van der Waals surface area contributed by atoms with Crippen molar-refractivity contribution in [3.63, 3.8) is 0 Å². The van der Waals surface area contributed by atoms with E-state index in [1.165, 1.54) is 0 Å². The van der Waals surface area contributed by atoms with Crippen LogP contribution < -0.4 is 17.1 Å². The highest BCUT2D eigenvalue weighted by Gasteiger charge is 2.27. The quantitative estimate of drug-likeness (QED) is 0.407. The van der Waals surface area contributed by atoms with Gasteiger partial charge in [0.15, 0.2) is 0 Å². The lowest BCUT2D eigenvalue weighted by Gasteiger charge is -2.14. The number of hydrogen-bond acceptors (Lipinski definition) is 7. The van der Waals surface area contributed by atoms with Crippen molar-refractivity contribution in [3.05, 3.63) is 16.0 Å². The maximum absolute atomic E-state index is 12.1. The summed E-state index contributed by atoms with van der Waals surface area (Å²) in [7, 11) is 0. The van der Waals surface area contributed by atoms with Crippen LogP contribution in [0.3, 0.4) is 0 Å². The van der Waals surface area contributed by atoms with Crippen molar-refractivity contribution in [2.24, 2.45) is 0 Å². The normalized spacial score (nSPS) is 12.1. The Morgan fingerprint density at radius 2 is 2.00 bits per heavy atom. The van der Waals surface area contributed by atoms with Gasteiger partial charge in [-0.3, -0.25) is 9.59 Å². The van der Waals surface area contributed by atoms with Gasteiger partial charge in [0.2, 0.25) is 5.95 Å². The molecule has 0 radical (unpaired) electrons. The first-order valence-corrected chi connectivity index (χ1v) is 7.19. The first-order valence-electron chi connectivity index (χ1n) is 7.19. The minimum absolute atomic E-state index is 0.0124. The zero-order valence-corrected chi connectivity index (χ0v) is 12.5. The van der Waals surface area contributed by atoms with E-state index in [1.54, 1.807) is 6.92 Å². The average molecular weight is 297 g/mol. The Kier molecular flexibility index (Phi) is 6.64. The molecule has 1 aromatic rings. The third-order valence-electron chi connectivity index (χ3n) is 3.19. The maximum Gasteiger partial charge on any atom is 0.315 e. The molecule has 21 heavy (non-hydrogen) atoms. The summed E-state index contributed by atoms with van der Waals surface area (Å²) in [4.78, 5) is 24.1. The number of carbonyl (C=O) groups is 1. The monoisotopic (exact) mass is 297 g/mol. The van der Waals surface area contributed by atoms with E-state index in [4.69, 9.17) is 16.3 Å². The molecule has 0 aliphatic carbocycles. The standard InChI is InChI=1S/C13H23N5O3/c1-3-5-6-7-8-9(12(20)21-4-2)10-11(19)18(15)13(14)17-16-10/h9H,3-8,15H2,1-2H3,(H2,14,17)/t9-/m1/s1. The summed E-state index contributed by atoms with van der Waals surface area (Å²) >= 11 is 0. The number of nitrogen functional groups attached to an aromatic ring is 2. The van der Waals surface area contributed by atoms with E-state index in [9.17, 15) is 9.59 Å². The summed E-state index contributed by atoms with van der Waals surface area (Å²) in [5, 5.41) is 7.36. The minimum atomic E-state index is -0.753. The second-order valence-electron chi connectivity index (χ2n) is 4.77. The van der Waals surface area contributed by atoms with Crippen molar-refractivity contribution in [1.29, 1.82) is 0 Å². The molecule has 0 unspecified atom stereocenters. The van der Waals surface area contributed by atoms with E-state index in [0.717, 1.165) is 25.7 Å². The fraction of sp³-hybridized carbons (Fsp3) is 0.692. The van der Waals surface area contributed by atoms with E-state index in [1.807, 2.05) is 0 Å². The van der Waals surface area contributed by atoms with Gasteiger partial charge in [0.05, 0.1) is 6.61 Å². The third kappa shape index (κ3) is 4.44. The lowest BCUT2D eigenvalue weighted by molar-refractivity contribution is -0.145. The van der Waals surface area contributed by atoms with Gasteiger partial charge in [-0.1, -0.05) is 32.6 Å². The summed E-state index contributed by atoms with van der Waals surface area (Å²) in [6.07, 6.45) is 4.41. The van der Waals surface area contributed by atoms with Crippen LogP contribution in [-0.4, -0.2) is 27.4 Å². The van der Waals surface area contributed by atoms with Crippen molar-refractivity contribution in [2.45, 2.75) is 51.9 Å². The topological polar surface area (TPSA) is 126 Å². The average Bonchev–Trinajstić information content (AvgIpc) is 2.46. The summed E-state index contributed by atoms with van der Waals surface area (Å²) in [6, 6.07) is 0. The van der Waals surface area contributed by atoms with Gasteiger partial charge in [-0.2, -0.15) is 4.68 Å². The minimum Gasteiger partial charge on any atom is -0.465 e. The first kappa shape index (κ1) is 16.9. The zero-order chi connectivity index (χ0) is 15.8. The molecule has 0 fully saturated rings. The Morgan fingerprint density at radius 3 is 2.62 bits per heavy atom. The van der Waals surface area contributed by atoms with Gasteiger partial charge in [-0.05, 0) is 13.3 Å². The number of esters is 1. The molecule has 0 aliphatic heterocycles. The SMILES string of the molecule is CCCCCC[C@@H](C(=O)OCC)c1nnc(N)n(N)c1=O. The van der Waals surface area contributed by atoms with Gasteiger partial charge in [0.25, 0.3) is 5.56 Å². The van der Waals surface area contributed by atoms with Crippen LogP contribution in [0.2, 0.25) is 0 Å². The largest absolute Gasteiger partial charge is 0.465 e. The van der Waals surface area contributed by atoms with Crippen LogP contribution in [0.15, 0.2) is 4.79 Å². The molecule has 8 nitrogen and oxygen atoms in total. The van der Waals surface area contributed by atoms with Crippen LogP contribution in [0.4, 0.5) is 5.95 Å². The lowest BCUT2D eigenvalue weighted by atomic mass is 9.97. The van der Waals surface area contributed by atoms with Crippen LogP contribution in [0.1, 0.15) is 57.6 Å². The van der Waals surface area contributed by atoms with Crippen molar-refractivity contribution in [1.82, 2.24) is 14.9 Å². The molecule has 1 heterocycles. The number of nitrogens with two attached hydrogens (primary N) is 2. The van der Waals surface area contributed by atoms with Crippen LogP contribution in [-0.2, 0) is 9.53 Å². The van der Waals surface area contributed by atoms with E-state index >= 15 is 0 Å². The number of aromatic nitrogens is 3. The maximum atomic E-state index is 12.1. The molecule has 0 saturated carbocycles. The number of carbonyl (C=O) groups excluding carboxylic acids is 1. The Balaban J connectivity index is 2.98. The summed E-state index contributed by atoms with van der Waals surface area (Å²) < 4.78 is 5.71. The predicted octanol–water partition coefficient (Wildman–Crippen LogP) is 0.551. The van der Waals surface area contributed by atoms with E-state index < -0.39 is 17.4 Å². The van der Waals surface area contributed by atoms with Gasteiger partial charge >= 0.3 is 5.97 Å². The Bertz CT molecular complexity index is 529. The van der Waals surface area contributed by atoms with E-state index in [0.29, 0.717) is 11.1 Å². The molecule has 0 aromatic carbocycles. The molecule has 1 rings (SSSR count). The van der Waals surface area contributed by atoms with Crippen molar-refractivity contribution in [3.8, 4) is 0 Å². The second kappa shape index (κ2) is 8.23. The number of nitrogens with zero attached hydrogens (tertiary/aromatic N) is 3. The van der Waals surface area contributed by atoms with E-state index in [2.05, 4.69) is 17.1 Å². The third-order valence-corrected chi connectivity index (χ3v) is 3.19. The van der Waals surface area contributed by atoms with Crippen LogP contribution in [0.5, 0.6) is 0 Å². The van der Waals surface area contributed by atoms with Crippen molar-refractivity contribution >= 4 is 11.9 Å². The molecule has 0 amide bonds. The van der Waals surface area contributed by atoms with Crippen LogP contribution >= 0.6 is 0 Å². The van der Waals surface area contributed by atoms with Crippen LogP contribution in [0.25, 0.3) is 0 Å². The Morgan fingerprint density at radius 1 is 1.29 bits per heavy atom. The molecule has 0 aliphatic rings. The molecule has 0 saturated heterocycles. The molecule has 0 bridgehead atoms. The Hall–Kier alpha value is -2.12. The number of unbranched alkanes of at least 4 members (excludes halogenated alkanes) is 3. The molecular weight excluding hydrogens is 274 g/mol. The molecule has 0 spiro atoms. The number of hydrogen-bond donors (Lipinski definition) is 2. The highest BCUT2D eigenvalue weighted by molar-refractivity contribution is 5.77. The van der Waals surface area contributed by atoms with Gasteiger partial charge in [-0.25, -0.2) is 0 Å². The van der Waals surface area contributed by atoms with Gasteiger partial charge < -0.3 is 16.3 Å². The number of anilines is 1. The first-order chi connectivity index (χ1) is 10.0. The summed E-state index contributed by atoms with van der Waals surface area (Å²) in [6.45, 7) is 4.05. The van der Waals surface area contributed by atoms with Gasteiger partial charge in [0.1, 0.15) is 11.6 Å². The predicted molar refractivity (Wildman–Crippen MR) is 79.0 cm³/mol. The highest BCUT2D eigenvalue weighted by Crippen LogP contribution is 2.20. The highest BCUT2D eigenvalue weighted by atomic mass is 16.5. The van der Waals surface area contributed by atoms with Crippen molar-refractivity contribution in [2.75, 3.05) is 18.2 Å². The molecule has 4 N–H and O–H groups in total.